The van der Waals surface area contributed by atoms with E-state index in [1.807, 2.05) is 23.1 Å². The molecule has 1 heterocycles. The van der Waals surface area contributed by atoms with Crippen molar-refractivity contribution < 1.29 is 4.79 Å². The van der Waals surface area contributed by atoms with Gasteiger partial charge in [-0.05, 0) is 30.2 Å². The molecule has 1 saturated heterocycles. The fourth-order valence-corrected chi connectivity index (χ4v) is 3.09. The van der Waals surface area contributed by atoms with E-state index >= 15 is 0 Å². The molecule has 1 atom stereocenters. The molecule has 1 unspecified atom stereocenters. The Morgan fingerprint density at radius 2 is 1.95 bits per heavy atom. The molecule has 1 aliphatic rings. The van der Waals surface area contributed by atoms with Gasteiger partial charge in [0.25, 0.3) is 5.91 Å². The second kappa shape index (κ2) is 5.78. The van der Waals surface area contributed by atoms with Gasteiger partial charge in [-0.25, -0.2) is 0 Å². The van der Waals surface area contributed by atoms with Crippen LogP contribution in [0.4, 0.5) is 5.69 Å². The van der Waals surface area contributed by atoms with Gasteiger partial charge in [0.15, 0.2) is 0 Å². The minimum Gasteiger partial charge on any atom is -0.399 e. The number of benzene rings is 2. The summed E-state index contributed by atoms with van der Waals surface area (Å²) >= 11 is 6.13. The highest BCUT2D eigenvalue weighted by molar-refractivity contribution is 6.34. The SMILES string of the molecule is Nc1ccc(C(=O)N2CCC(c3ccccc3)C2)c(Cl)c1. The van der Waals surface area contributed by atoms with Crippen LogP contribution in [0, 0.1) is 0 Å². The van der Waals surface area contributed by atoms with E-state index in [9.17, 15) is 4.79 Å². The minimum absolute atomic E-state index is 0.0153. The lowest BCUT2D eigenvalue weighted by Gasteiger charge is -2.17. The third-order valence-corrected chi connectivity index (χ3v) is 4.28. The van der Waals surface area contributed by atoms with Crippen molar-refractivity contribution in [3.8, 4) is 0 Å². The molecule has 0 spiro atoms. The molecular weight excluding hydrogens is 284 g/mol. The van der Waals surface area contributed by atoms with Crippen molar-refractivity contribution >= 4 is 23.2 Å². The van der Waals surface area contributed by atoms with Gasteiger partial charge in [0.2, 0.25) is 0 Å². The lowest BCUT2D eigenvalue weighted by molar-refractivity contribution is 0.0791. The monoisotopic (exact) mass is 300 g/mol. The topological polar surface area (TPSA) is 46.3 Å². The number of nitrogen functional groups attached to an aromatic ring is 1. The van der Waals surface area contributed by atoms with E-state index in [0.717, 1.165) is 19.5 Å². The number of nitrogens with two attached hydrogens (primary N) is 1. The highest BCUT2D eigenvalue weighted by atomic mass is 35.5. The molecular formula is C17H17ClN2O. The Morgan fingerprint density at radius 3 is 2.67 bits per heavy atom. The predicted molar refractivity (Wildman–Crippen MR) is 85.6 cm³/mol. The molecule has 0 radical (unpaired) electrons. The third kappa shape index (κ3) is 2.88. The van der Waals surface area contributed by atoms with Crippen molar-refractivity contribution in [2.45, 2.75) is 12.3 Å². The van der Waals surface area contributed by atoms with E-state index in [0.29, 0.717) is 22.2 Å². The molecule has 1 aliphatic heterocycles. The van der Waals surface area contributed by atoms with E-state index in [-0.39, 0.29) is 5.91 Å². The Bertz CT molecular complexity index is 657. The average molecular weight is 301 g/mol. The van der Waals surface area contributed by atoms with Crippen molar-refractivity contribution in [3.63, 3.8) is 0 Å². The van der Waals surface area contributed by atoms with Gasteiger partial charge in [0.05, 0.1) is 10.6 Å². The van der Waals surface area contributed by atoms with Crippen LogP contribution in [0.5, 0.6) is 0 Å². The molecule has 1 amide bonds. The van der Waals surface area contributed by atoms with Crippen LogP contribution in [-0.4, -0.2) is 23.9 Å². The molecule has 1 fully saturated rings. The third-order valence-electron chi connectivity index (χ3n) is 3.97. The highest BCUT2D eigenvalue weighted by Gasteiger charge is 2.28. The lowest BCUT2D eigenvalue weighted by Crippen LogP contribution is -2.28. The molecule has 108 valence electrons. The summed E-state index contributed by atoms with van der Waals surface area (Å²) in [5, 5.41) is 0.420. The van der Waals surface area contributed by atoms with Gasteiger partial charge in [-0.2, -0.15) is 0 Å². The van der Waals surface area contributed by atoms with Gasteiger partial charge in [0.1, 0.15) is 0 Å². The van der Waals surface area contributed by atoms with Crippen LogP contribution < -0.4 is 5.73 Å². The van der Waals surface area contributed by atoms with Crippen LogP contribution in [0.3, 0.4) is 0 Å². The summed E-state index contributed by atoms with van der Waals surface area (Å²) in [6.45, 7) is 1.50. The first kappa shape index (κ1) is 14.0. The summed E-state index contributed by atoms with van der Waals surface area (Å²) in [6.07, 6.45) is 0.988. The molecule has 2 aromatic carbocycles. The predicted octanol–water partition coefficient (Wildman–Crippen LogP) is 3.55. The van der Waals surface area contributed by atoms with Crippen LogP contribution in [0.15, 0.2) is 48.5 Å². The zero-order valence-electron chi connectivity index (χ0n) is 11.6. The first-order chi connectivity index (χ1) is 10.1. The Kier molecular flexibility index (Phi) is 3.84. The molecule has 0 aromatic heterocycles. The van der Waals surface area contributed by atoms with Crippen molar-refractivity contribution in [1.29, 1.82) is 0 Å². The first-order valence-electron chi connectivity index (χ1n) is 7.04. The Hall–Kier alpha value is -2.00. The summed E-state index contributed by atoms with van der Waals surface area (Å²) in [4.78, 5) is 14.4. The van der Waals surface area contributed by atoms with Gasteiger partial charge < -0.3 is 10.6 Å². The maximum atomic E-state index is 12.6. The fourth-order valence-electron chi connectivity index (χ4n) is 2.82. The number of anilines is 1. The maximum Gasteiger partial charge on any atom is 0.255 e. The van der Waals surface area contributed by atoms with Crippen molar-refractivity contribution in [2.75, 3.05) is 18.8 Å². The molecule has 4 heteroatoms. The highest BCUT2D eigenvalue weighted by Crippen LogP contribution is 2.29. The molecule has 0 saturated carbocycles. The van der Waals surface area contributed by atoms with Gasteiger partial charge in [-0.15, -0.1) is 0 Å². The van der Waals surface area contributed by atoms with Crippen LogP contribution in [0.1, 0.15) is 28.3 Å². The molecule has 2 aromatic rings. The van der Waals surface area contributed by atoms with Crippen molar-refractivity contribution in [1.82, 2.24) is 4.90 Å². The Balaban J connectivity index is 1.75. The molecule has 21 heavy (non-hydrogen) atoms. The number of halogens is 1. The van der Waals surface area contributed by atoms with E-state index in [2.05, 4.69) is 12.1 Å². The fraction of sp³-hybridized carbons (Fsp3) is 0.235. The van der Waals surface area contributed by atoms with E-state index in [4.69, 9.17) is 17.3 Å². The summed E-state index contributed by atoms with van der Waals surface area (Å²) in [7, 11) is 0. The lowest BCUT2D eigenvalue weighted by atomic mass is 9.99. The molecule has 0 bridgehead atoms. The number of carbonyl (C=O) groups excluding carboxylic acids is 1. The van der Waals surface area contributed by atoms with Gasteiger partial charge in [-0.3, -0.25) is 4.79 Å². The number of nitrogens with zero attached hydrogens (tertiary/aromatic N) is 1. The Morgan fingerprint density at radius 1 is 1.19 bits per heavy atom. The molecule has 0 aliphatic carbocycles. The zero-order chi connectivity index (χ0) is 14.8. The van der Waals surface area contributed by atoms with Crippen LogP contribution in [0.25, 0.3) is 0 Å². The molecule has 3 nitrogen and oxygen atoms in total. The zero-order valence-corrected chi connectivity index (χ0v) is 12.4. The molecule has 3 rings (SSSR count). The maximum absolute atomic E-state index is 12.6. The standard InChI is InChI=1S/C17H17ClN2O/c18-16-10-14(19)6-7-15(16)17(21)20-9-8-13(11-20)12-4-2-1-3-5-12/h1-7,10,13H,8-9,11,19H2. The van der Waals surface area contributed by atoms with Crippen molar-refractivity contribution in [3.05, 3.63) is 64.7 Å². The largest absolute Gasteiger partial charge is 0.399 e. The van der Waals surface area contributed by atoms with Crippen LogP contribution in [0.2, 0.25) is 5.02 Å². The van der Waals surface area contributed by atoms with E-state index < -0.39 is 0 Å². The first-order valence-corrected chi connectivity index (χ1v) is 7.42. The van der Waals surface area contributed by atoms with E-state index in [1.165, 1.54) is 5.56 Å². The number of hydrogen-bond donors (Lipinski definition) is 1. The normalized spacial score (nSPS) is 18.0. The van der Waals surface area contributed by atoms with Gasteiger partial charge >= 0.3 is 0 Å². The van der Waals surface area contributed by atoms with Gasteiger partial charge in [-0.1, -0.05) is 41.9 Å². The number of likely N-dealkylation sites (tertiary alicyclic amines) is 1. The molecule has 2 N–H and O–H groups in total. The quantitative estimate of drug-likeness (QED) is 0.862. The number of rotatable bonds is 2. The average Bonchev–Trinajstić information content (AvgIpc) is 2.97. The minimum atomic E-state index is -0.0153. The van der Waals surface area contributed by atoms with Crippen molar-refractivity contribution in [2.24, 2.45) is 0 Å². The van der Waals surface area contributed by atoms with Crippen LogP contribution >= 0.6 is 11.6 Å². The second-order valence-electron chi connectivity index (χ2n) is 5.39. The number of amides is 1. The summed E-state index contributed by atoms with van der Waals surface area (Å²) in [5.74, 6) is 0.390. The summed E-state index contributed by atoms with van der Waals surface area (Å²) in [6, 6.07) is 15.4. The second-order valence-corrected chi connectivity index (χ2v) is 5.79. The van der Waals surface area contributed by atoms with Gasteiger partial charge in [0, 0.05) is 24.7 Å². The number of hydrogen-bond acceptors (Lipinski definition) is 2. The Labute approximate surface area is 129 Å². The van der Waals surface area contributed by atoms with Crippen LogP contribution in [-0.2, 0) is 0 Å². The number of carbonyl (C=O) groups is 1. The summed E-state index contributed by atoms with van der Waals surface area (Å²) in [5.41, 5.74) is 8.05. The smallest absolute Gasteiger partial charge is 0.255 e. The summed E-state index contributed by atoms with van der Waals surface area (Å²) < 4.78 is 0. The van der Waals surface area contributed by atoms with E-state index in [1.54, 1.807) is 18.2 Å².